The van der Waals surface area contributed by atoms with Gasteiger partial charge in [-0.05, 0) is 18.2 Å². The van der Waals surface area contributed by atoms with Gasteiger partial charge in [0.25, 0.3) is 6.43 Å². The number of nitrogens with zero attached hydrogens (tertiary/aromatic N) is 1. The minimum atomic E-state index is -3.10. The number of halogens is 3. The summed E-state index contributed by atoms with van der Waals surface area (Å²) < 4.78 is 56.8. The van der Waals surface area contributed by atoms with Crippen LogP contribution in [0.5, 0.6) is 0 Å². The second kappa shape index (κ2) is 5.65. The molecule has 0 aliphatic carbocycles. The van der Waals surface area contributed by atoms with Crippen molar-refractivity contribution in [2.24, 2.45) is 0 Å². The number of anilines is 1. The molecule has 0 aromatic heterocycles. The Kier molecular flexibility index (Phi) is 4.48. The van der Waals surface area contributed by atoms with Gasteiger partial charge in [0.05, 0.1) is 11.3 Å². The van der Waals surface area contributed by atoms with E-state index in [2.05, 4.69) is 0 Å². The van der Waals surface area contributed by atoms with Gasteiger partial charge >= 0.3 is 0 Å². The summed E-state index contributed by atoms with van der Waals surface area (Å²) in [5, 5.41) is 8.65. The monoisotopic (exact) mass is 264 g/mol. The van der Waals surface area contributed by atoms with Crippen molar-refractivity contribution in [1.29, 1.82) is 5.26 Å². The average molecular weight is 264 g/mol. The van der Waals surface area contributed by atoms with Gasteiger partial charge in [0.2, 0.25) is 0 Å². The molecule has 0 aliphatic rings. The highest BCUT2D eigenvalue weighted by Gasteiger charge is 2.26. The fraction of sp³-hybridized carbons (Fsp3) is 0.222. The summed E-state index contributed by atoms with van der Waals surface area (Å²) >= 11 is -2.81. The molecule has 1 rings (SSSR count). The average Bonchev–Trinajstić information content (AvgIpc) is 2.26. The van der Waals surface area contributed by atoms with E-state index in [0.29, 0.717) is 0 Å². The van der Waals surface area contributed by atoms with Crippen LogP contribution in [-0.2, 0) is 11.1 Å². The number of nitriles is 1. The van der Waals surface area contributed by atoms with E-state index < -0.39 is 28.7 Å². The summed E-state index contributed by atoms with van der Waals surface area (Å²) in [6.45, 7) is 0. The maximum atomic E-state index is 12.8. The molecular formula is C9H7F3N2O2S. The lowest BCUT2D eigenvalue weighted by Crippen LogP contribution is -2.32. The van der Waals surface area contributed by atoms with Crippen LogP contribution >= 0.6 is 0 Å². The van der Waals surface area contributed by atoms with Crippen molar-refractivity contribution >= 4 is 16.8 Å². The minimum absolute atomic E-state index is 0.124. The maximum Gasteiger partial charge on any atom is 0.272 e. The molecule has 92 valence electrons. The lowest BCUT2D eigenvalue weighted by molar-refractivity contribution is 0.149. The van der Waals surface area contributed by atoms with Crippen LogP contribution in [0.1, 0.15) is 5.56 Å². The van der Waals surface area contributed by atoms with Crippen LogP contribution in [0, 0.1) is 17.1 Å². The lowest BCUT2D eigenvalue weighted by atomic mass is 10.2. The summed E-state index contributed by atoms with van der Waals surface area (Å²) in [6, 6.07) is 4.43. The third kappa shape index (κ3) is 3.44. The molecule has 0 bridgehead atoms. The quantitative estimate of drug-likeness (QED) is 0.815. The summed E-state index contributed by atoms with van der Waals surface area (Å²) in [6.07, 6.45) is -3.10. The molecular weight excluding hydrogens is 257 g/mol. The standard InChI is InChI=1S/C9H7F3N2O2S/c10-6-1-2-7(5(3-6)4-13)14-9(8(11)12)17(15)16/h1-3,8-9,14H,(H,15,16). The maximum absolute atomic E-state index is 12.8. The molecule has 0 radical (unpaired) electrons. The van der Waals surface area contributed by atoms with Gasteiger partial charge in [-0.15, -0.1) is 0 Å². The molecule has 0 aliphatic heterocycles. The van der Waals surface area contributed by atoms with Crippen LogP contribution < -0.4 is 5.32 Å². The summed E-state index contributed by atoms with van der Waals surface area (Å²) in [7, 11) is 0. The zero-order valence-electron chi connectivity index (χ0n) is 8.23. The second-order valence-corrected chi connectivity index (χ2v) is 4.04. The van der Waals surface area contributed by atoms with E-state index in [1.807, 2.05) is 5.32 Å². The molecule has 0 spiro atoms. The SMILES string of the molecule is N#Cc1cc(F)ccc1NC(C(F)F)S(=O)O. The first-order chi connectivity index (χ1) is 7.95. The minimum Gasteiger partial charge on any atom is -0.363 e. The van der Waals surface area contributed by atoms with Gasteiger partial charge in [0.15, 0.2) is 16.5 Å². The zero-order chi connectivity index (χ0) is 13.0. The van der Waals surface area contributed by atoms with E-state index >= 15 is 0 Å². The fourth-order valence-electron chi connectivity index (χ4n) is 1.09. The molecule has 2 N–H and O–H groups in total. The molecule has 2 unspecified atom stereocenters. The van der Waals surface area contributed by atoms with Crippen molar-refractivity contribution in [3.8, 4) is 6.07 Å². The van der Waals surface area contributed by atoms with E-state index in [1.165, 1.54) is 0 Å². The molecule has 2 atom stereocenters. The molecule has 1 aromatic carbocycles. The second-order valence-electron chi connectivity index (χ2n) is 2.98. The highest BCUT2D eigenvalue weighted by molar-refractivity contribution is 7.80. The Morgan fingerprint density at radius 3 is 2.59 bits per heavy atom. The van der Waals surface area contributed by atoms with E-state index in [-0.39, 0.29) is 11.3 Å². The Bertz CT molecular complexity index is 476. The normalized spacial score (nSPS) is 14.1. The van der Waals surface area contributed by atoms with Gasteiger partial charge in [-0.3, -0.25) is 0 Å². The van der Waals surface area contributed by atoms with Crippen molar-refractivity contribution in [3.05, 3.63) is 29.6 Å². The Morgan fingerprint density at radius 1 is 1.47 bits per heavy atom. The van der Waals surface area contributed by atoms with Crippen LogP contribution in [0.4, 0.5) is 18.9 Å². The molecule has 0 amide bonds. The van der Waals surface area contributed by atoms with Gasteiger partial charge in [-0.1, -0.05) is 0 Å². The summed E-state index contributed by atoms with van der Waals surface area (Å²) in [5.74, 6) is -0.703. The summed E-state index contributed by atoms with van der Waals surface area (Å²) in [5.41, 5.74) is -0.345. The topological polar surface area (TPSA) is 73.1 Å². The number of hydrogen-bond donors (Lipinski definition) is 2. The Labute approximate surface area is 97.3 Å². The fourth-order valence-corrected chi connectivity index (χ4v) is 1.49. The number of alkyl halides is 2. The summed E-state index contributed by atoms with van der Waals surface area (Å²) in [4.78, 5) is 0. The van der Waals surface area contributed by atoms with Crippen LogP contribution in [0.2, 0.25) is 0 Å². The van der Waals surface area contributed by atoms with E-state index in [1.54, 1.807) is 6.07 Å². The van der Waals surface area contributed by atoms with Crippen molar-refractivity contribution in [3.63, 3.8) is 0 Å². The first-order valence-corrected chi connectivity index (χ1v) is 5.46. The number of hydrogen-bond acceptors (Lipinski definition) is 3. The van der Waals surface area contributed by atoms with Gasteiger partial charge in [0, 0.05) is 0 Å². The highest BCUT2D eigenvalue weighted by Crippen LogP contribution is 2.19. The van der Waals surface area contributed by atoms with E-state index in [9.17, 15) is 17.4 Å². The van der Waals surface area contributed by atoms with Crippen molar-refractivity contribution in [2.45, 2.75) is 11.8 Å². The van der Waals surface area contributed by atoms with E-state index in [4.69, 9.17) is 9.81 Å². The predicted octanol–water partition coefficient (Wildman–Crippen LogP) is 1.92. The van der Waals surface area contributed by atoms with Crippen LogP contribution in [0.15, 0.2) is 18.2 Å². The van der Waals surface area contributed by atoms with Crippen LogP contribution in [0.25, 0.3) is 0 Å². The third-order valence-electron chi connectivity index (χ3n) is 1.85. The highest BCUT2D eigenvalue weighted by atomic mass is 32.2. The van der Waals surface area contributed by atoms with Crippen LogP contribution in [-0.4, -0.2) is 20.6 Å². The van der Waals surface area contributed by atoms with Gasteiger partial charge < -0.3 is 9.87 Å². The smallest absolute Gasteiger partial charge is 0.272 e. The van der Waals surface area contributed by atoms with Gasteiger partial charge in [0.1, 0.15) is 11.9 Å². The molecule has 4 nitrogen and oxygen atoms in total. The van der Waals surface area contributed by atoms with Crippen molar-refractivity contribution in [2.75, 3.05) is 5.32 Å². The van der Waals surface area contributed by atoms with Crippen molar-refractivity contribution in [1.82, 2.24) is 0 Å². The van der Waals surface area contributed by atoms with Gasteiger partial charge in [-0.2, -0.15) is 5.26 Å². The van der Waals surface area contributed by atoms with Crippen molar-refractivity contribution < 1.29 is 21.9 Å². The first-order valence-electron chi connectivity index (χ1n) is 4.29. The molecule has 0 saturated carbocycles. The Morgan fingerprint density at radius 2 is 2.12 bits per heavy atom. The Balaban J connectivity index is 3.02. The molecule has 17 heavy (non-hydrogen) atoms. The third-order valence-corrected chi connectivity index (χ3v) is 2.60. The zero-order valence-corrected chi connectivity index (χ0v) is 9.05. The van der Waals surface area contributed by atoms with Gasteiger partial charge in [-0.25, -0.2) is 17.4 Å². The van der Waals surface area contributed by atoms with Crippen LogP contribution in [0.3, 0.4) is 0 Å². The molecule has 8 heteroatoms. The lowest BCUT2D eigenvalue weighted by Gasteiger charge is -2.16. The largest absolute Gasteiger partial charge is 0.363 e. The molecule has 1 aromatic rings. The molecule has 0 fully saturated rings. The molecule has 0 saturated heterocycles. The first kappa shape index (κ1) is 13.5. The Hall–Kier alpha value is -1.59. The molecule has 0 heterocycles. The van der Waals surface area contributed by atoms with E-state index in [0.717, 1.165) is 18.2 Å². The number of rotatable bonds is 4. The number of nitrogens with one attached hydrogen (secondary N) is 1. The number of benzene rings is 1. The predicted molar refractivity (Wildman–Crippen MR) is 55.3 cm³/mol.